The van der Waals surface area contributed by atoms with Crippen molar-refractivity contribution in [3.63, 3.8) is 0 Å². The van der Waals surface area contributed by atoms with Gasteiger partial charge in [-0.3, -0.25) is 14.2 Å². The zero-order valence-corrected chi connectivity index (χ0v) is 17.5. The Labute approximate surface area is 183 Å². The SMILES string of the molecule is COC(=O)C[C@H]1O[C@@H](n2c(=O)n(CCCC(F)(F)F)c3cnc(N)nc32)[C@H](OC(C)=O)[C@@H]1F. The van der Waals surface area contributed by atoms with Crippen LogP contribution >= 0.6 is 0 Å². The molecule has 0 unspecified atom stereocenters. The highest BCUT2D eigenvalue weighted by atomic mass is 19.4. The zero-order valence-electron chi connectivity index (χ0n) is 17.5. The summed E-state index contributed by atoms with van der Waals surface area (Å²) < 4.78 is 69.7. The summed E-state index contributed by atoms with van der Waals surface area (Å²) in [5.41, 5.74) is 4.56. The van der Waals surface area contributed by atoms with Crippen molar-refractivity contribution in [2.45, 2.75) is 63.5 Å². The molecule has 3 heterocycles. The van der Waals surface area contributed by atoms with Gasteiger partial charge in [-0.05, 0) is 6.42 Å². The maximum absolute atomic E-state index is 15.1. The lowest BCUT2D eigenvalue weighted by molar-refractivity contribution is -0.154. The van der Waals surface area contributed by atoms with Crippen molar-refractivity contribution >= 4 is 29.1 Å². The van der Waals surface area contributed by atoms with Crippen LogP contribution in [-0.2, 0) is 30.3 Å². The first kappa shape index (κ1) is 24.4. The number of anilines is 1. The number of imidazole rings is 1. The first-order chi connectivity index (χ1) is 15.4. The Bertz CT molecular complexity index is 1100. The molecule has 1 aliphatic rings. The van der Waals surface area contributed by atoms with E-state index in [-0.39, 0.29) is 23.7 Å². The van der Waals surface area contributed by atoms with Gasteiger partial charge in [0.05, 0.1) is 19.7 Å². The topological polar surface area (TPSA) is 141 Å². The second kappa shape index (κ2) is 9.33. The van der Waals surface area contributed by atoms with Crippen LogP contribution in [0.25, 0.3) is 11.2 Å². The minimum Gasteiger partial charge on any atom is -0.469 e. The predicted octanol–water partition coefficient (Wildman–Crippen LogP) is 1.25. The molecule has 3 rings (SSSR count). The Morgan fingerprint density at radius 1 is 1.33 bits per heavy atom. The van der Waals surface area contributed by atoms with E-state index in [1.165, 1.54) is 0 Å². The number of nitrogens with two attached hydrogens (primary N) is 1. The first-order valence-electron chi connectivity index (χ1n) is 9.76. The van der Waals surface area contributed by atoms with Gasteiger partial charge in [0.15, 0.2) is 24.2 Å². The summed E-state index contributed by atoms with van der Waals surface area (Å²) in [6.45, 7) is 0.658. The molecule has 0 radical (unpaired) electrons. The van der Waals surface area contributed by atoms with Crippen molar-refractivity contribution in [1.82, 2.24) is 19.1 Å². The minimum atomic E-state index is -4.43. The average molecular weight is 479 g/mol. The van der Waals surface area contributed by atoms with E-state index < -0.39 is 67.7 Å². The number of carbonyl (C=O) groups is 2. The second-order valence-electron chi connectivity index (χ2n) is 7.32. The van der Waals surface area contributed by atoms with Crippen LogP contribution in [0.5, 0.6) is 0 Å². The van der Waals surface area contributed by atoms with Gasteiger partial charge in [0, 0.05) is 19.9 Å². The fraction of sp³-hybridized carbons (Fsp3) is 0.611. The first-order valence-corrected chi connectivity index (χ1v) is 9.76. The van der Waals surface area contributed by atoms with Gasteiger partial charge < -0.3 is 19.9 Å². The van der Waals surface area contributed by atoms with E-state index in [2.05, 4.69) is 14.7 Å². The lowest BCUT2D eigenvalue weighted by Crippen LogP contribution is -2.37. The van der Waals surface area contributed by atoms with Crippen molar-refractivity contribution in [2.75, 3.05) is 12.8 Å². The third-order valence-corrected chi connectivity index (χ3v) is 4.98. The van der Waals surface area contributed by atoms with Crippen LogP contribution in [-0.4, -0.2) is 62.7 Å². The molecule has 0 bridgehead atoms. The number of nitrogens with zero attached hydrogens (tertiary/aromatic N) is 4. The summed E-state index contributed by atoms with van der Waals surface area (Å²) in [4.78, 5) is 44.1. The van der Waals surface area contributed by atoms with Crippen LogP contribution in [0, 0.1) is 0 Å². The maximum Gasteiger partial charge on any atom is 0.389 e. The predicted molar refractivity (Wildman–Crippen MR) is 102 cm³/mol. The Kier molecular flexibility index (Phi) is 6.90. The summed E-state index contributed by atoms with van der Waals surface area (Å²) in [7, 11) is 1.09. The number of alkyl halides is 4. The summed E-state index contributed by atoms with van der Waals surface area (Å²) in [5, 5.41) is 0. The molecular formula is C18H21F4N5O6. The largest absolute Gasteiger partial charge is 0.469 e. The molecule has 0 amide bonds. The van der Waals surface area contributed by atoms with Gasteiger partial charge in [0.25, 0.3) is 0 Å². The summed E-state index contributed by atoms with van der Waals surface area (Å²) >= 11 is 0. The van der Waals surface area contributed by atoms with Crippen LogP contribution in [0.2, 0.25) is 0 Å². The molecule has 2 aromatic heterocycles. The molecule has 2 aromatic rings. The monoisotopic (exact) mass is 479 g/mol. The van der Waals surface area contributed by atoms with Crippen LogP contribution in [0.15, 0.2) is 11.0 Å². The molecule has 0 aliphatic carbocycles. The van der Waals surface area contributed by atoms with E-state index >= 15 is 4.39 Å². The van der Waals surface area contributed by atoms with Gasteiger partial charge in [-0.25, -0.2) is 18.7 Å². The number of carbonyl (C=O) groups excluding carboxylic acids is 2. The molecule has 0 aromatic carbocycles. The van der Waals surface area contributed by atoms with Gasteiger partial charge >= 0.3 is 23.8 Å². The Balaban J connectivity index is 2.07. The zero-order chi connectivity index (χ0) is 24.5. The molecular weight excluding hydrogens is 458 g/mol. The Morgan fingerprint density at radius 3 is 2.64 bits per heavy atom. The van der Waals surface area contributed by atoms with Crippen LogP contribution in [0.4, 0.5) is 23.5 Å². The molecule has 1 aliphatic heterocycles. The lowest BCUT2D eigenvalue weighted by Gasteiger charge is -2.19. The van der Waals surface area contributed by atoms with E-state index in [0.29, 0.717) is 0 Å². The van der Waals surface area contributed by atoms with Gasteiger partial charge in [0.2, 0.25) is 5.95 Å². The number of aromatic nitrogens is 4. The molecule has 1 fully saturated rings. The van der Waals surface area contributed by atoms with Crippen molar-refractivity contribution in [3.8, 4) is 0 Å². The number of methoxy groups -OCH3 is 1. The number of fused-ring (bicyclic) bond motifs is 1. The number of hydrogen-bond acceptors (Lipinski definition) is 9. The Morgan fingerprint density at radius 2 is 2.03 bits per heavy atom. The number of esters is 2. The van der Waals surface area contributed by atoms with Crippen LogP contribution in [0.3, 0.4) is 0 Å². The third kappa shape index (κ3) is 5.23. The maximum atomic E-state index is 15.1. The molecule has 4 atom stereocenters. The van der Waals surface area contributed by atoms with E-state index in [4.69, 9.17) is 15.2 Å². The van der Waals surface area contributed by atoms with E-state index in [1.807, 2.05) is 0 Å². The number of nitrogen functional groups attached to an aromatic ring is 1. The van der Waals surface area contributed by atoms with Gasteiger partial charge in [-0.15, -0.1) is 0 Å². The quantitative estimate of drug-likeness (QED) is 0.459. The minimum absolute atomic E-state index is 0.0216. The molecule has 15 heteroatoms. The van der Waals surface area contributed by atoms with Crippen molar-refractivity contribution < 1.29 is 41.4 Å². The van der Waals surface area contributed by atoms with Gasteiger partial charge in [0.1, 0.15) is 11.6 Å². The fourth-order valence-corrected chi connectivity index (χ4v) is 3.59. The molecule has 182 valence electrons. The summed E-state index contributed by atoms with van der Waals surface area (Å²) in [6.07, 6.45) is -12.1. The highest BCUT2D eigenvalue weighted by molar-refractivity contribution is 5.72. The number of halogens is 4. The fourth-order valence-electron chi connectivity index (χ4n) is 3.59. The van der Waals surface area contributed by atoms with E-state index in [0.717, 1.165) is 29.4 Å². The van der Waals surface area contributed by atoms with Crippen molar-refractivity contribution in [2.24, 2.45) is 0 Å². The smallest absolute Gasteiger partial charge is 0.389 e. The van der Waals surface area contributed by atoms with Gasteiger partial charge in [-0.1, -0.05) is 0 Å². The summed E-state index contributed by atoms with van der Waals surface area (Å²) in [5.74, 6) is -1.96. The number of aryl methyl sites for hydroxylation is 1. The van der Waals surface area contributed by atoms with Crippen LogP contribution in [0.1, 0.15) is 32.4 Å². The molecule has 1 saturated heterocycles. The highest BCUT2D eigenvalue weighted by Crippen LogP contribution is 2.36. The second-order valence-corrected chi connectivity index (χ2v) is 7.32. The standard InChI is InChI=1S/C18H21F4N5O6/c1-8(28)32-13-12(19)10(6-11(29)31-2)33-15(13)27-14-9(7-24-16(23)25-14)26(17(27)30)5-3-4-18(20,21)22/h7,10,12-13,15H,3-6H2,1-2H3,(H2,23,24,25)/t10-,12-,13-,15-/m1/s1. The summed E-state index contributed by atoms with van der Waals surface area (Å²) in [6, 6.07) is 0. The van der Waals surface area contributed by atoms with E-state index in [1.54, 1.807) is 0 Å². The van der Waals surface area contributed by atoms with Crippen molar-refractivity contribution in [1.29, 1.82) is 0 Å². The molecule has 2 N–H and O–H groups in total. The molecule has 0 saturated carbocycles. The number of rotatable bonds is 7. The molecule has 0 spiro atoms. The number of hydrogen-bond donors (Lipinski definition) is 1. The average Bonchev–Trinajstić information content (AvgIpc) is 3.14. The van der Waals surface area contributed by atoms with Crippen LogP contribution < -0.4 is 11.4 Å². The molecule has 33 heavy (non-hydrogen) atoms. The van der Waals surface area contributed by atoms with E-state index in [9.17, 15) is 27.6 Å². The van der Waals surface area contributed by atoms with Gasteiger partial charge in [-0.2, -0.15) is 18.2 Å². The van der Waals surface area contributed by atoms with Crippen molar-refractivity contribution in [3.05, 3.63) is 16.7 Å². The third-order valence-electron chi connectivity index (χ3n) is 4.98. The normalized spacial score (nSPS) is 23.1. The molecule has 11 nitrogen and oxygen atoms in total. The highest BCUT2D eigenvalue weighted by Gasteiger charge is 2.50. The lowest BCUT2D eigenvalue weighted by atomic mass is 10.1. The Hall–Kier alpha value is -3.23. The number of ether oxygens (including phenoxy) is 3.